The molecule has 0 bridgehead atoms. The quantitative estimate of drug-likeness (QED) is 0.0979. The Morgan fingerprint density at radius 3 is 2.70 bits per heavy atom. The van der Waals surface area contributed by atoms with Gasteiger partial charge in [-0.3, -0.25) is 0 Å². The van der Waals surface area contributed by atoms with Gasteiger partial charge in [0, 0.05) is 17.0 Å². The van der Waals surface area contributed by atoms with E-state index in [0.29, 0.717) is 20.7 Å². The first-order chi connectivity index (χ1) is 16.0. The van der Waals surface area contributed by atoms with Crippen LogP contribution >= 0.6 is 35.3 Å². The molecule has 5 rings (SSSR count). The fraction of sp³-hybridized carbons (Fsp3) is 0.0833. The van der Waals surface area contributed by atoms with Crippen molar-refractivity contribution in [1.82, 2.24) is 9.78 Å². The summed E-state index contributed by atoms with van der Waals surface area (Å²) in [6, 6.07) is 19.7. The molecule has 9 heteroatoms. The number of rotatable bonds is 5. The van der Waals surface area contributed by atoms with Crippen LogP contribution in [0.25, 0.3) is 27.4 Å². The summed E-state index contributed by atoms with van der Waals surface area (Å²) in [6.45, 7) is -0.0507. The lowest BCUT2D eigenvalue weighted by Crippen LogP contribution is -2.08. The predicted molar refractivity (Wildman–Crippen MR) is 133 cm³/mol. The van der Waals surface area contributed by atoms with Gasteiger partial charge in [-0.2, -0.15) is 0 Å². The summed E-state index contributed by atoms with van der Waals surface area (Å²) in [7, 11) is 0. The maximum Gasteiger partial charge on any atom is 0.338 e. The second kappa shape index (κ2) is 8.93. The Bertz CT molecular complexity index is 1620. The van der Waals surface area contributed by atoms with Gasteiger partial charge in [-0.15, -0.1) is 5.10 Å². The van der Waals surface area contributed by atoms with E-state index < -0.39 is 11.6 Å². The van der Waals surface area contributed by atoms with Crippen molar-refractivity contribution in [3.63, 3.8) is 0 Å². The van der Waals surface area contributed by atoms with Crippen molar-refractivity contribution in [2.45, 2.75) is 10.9 Å². The van der Waals surface area contributed by atoms with Crippen LogP contribution in [0.3, 0.4) is 0 Å². The minimum atomic E-state index is -0.491. The summed E-state index contributed by atoms with van der Waals surface area (Å²) in [5, 5.41) is 7.15. The van der Waals surface area contributed by atoms with E-state index in [1.807, 2.05) is 36.6 Å². The van der Waals surface area contributed by atoms with Crippen LogP contribution in [-0.4, -0.2) is 22.0 Å². The zero-order valence-corrected chi connectivity index (χ0v) is 19.8. The Morgan fingerprint density at radius 2 is 1.94 bits per heavy atom. The summed E-state index contributed by atoms with van der Waals surface area (Å²) >= 11 is 8.33. The van der Waals surface area contributed by atoms with Crippen LogP contribution in [0.2, 0.25) is 0 Å². The topological polar surface area (TPSA) is 74.3 Å². The third-order valence-electron chi connectivity index (χ3n) is 5.12. The average molecular weight is 493 g/mol. The summed E-state index contributed by atoms with van der Waals surface area (Å²) in [4.78, 5) is 24.8. The van der Waals surface area contributed by atoms with Crippen LogP contribution in [0.4, 0.5) is 0 Å². The van der Waals surface area contributed by atoms with E-state index in [9.17, 15) is 9.59 Å². The lowest BCUT2D eigenvalue weighted by Gasteiger charge is -2.10. The number of hydrogen-bond acceptors (Lipinski definition) is 8. The minimum Gasteiger partial charge on any atom is -0.457 e. The monoisotopic (exact) mass is 492 g/mol. The van der Waals surface area contributed by atoms with Gasteiger partial charge in [0.1, 0.15) is 12.2 Å². The number of esters is 1. The number of carbonyl (C=O) groups excluding carboxylic acids is 1. The molecular weight excluding hydrogens is 476 g/mol. The lowest BCUT2D eigenvalue weighted by atomic mass is 10.0. The number of thioether (sulfide) groups is 1. The fourth-order valence-corrected chi connectivity index (χ4v) is 5.38. The zero-order chi connectivity index (χ0) is 22.9. The van der Waals surface area contributed by atoms with Gasteiger partial charge in [0.15, 0.2) is 8.29 Å². The highest BCUT2D eigenvalue weighted by Gasteiger charge is 2.14. The van der Waals surface area contributed by atoms with Crippen LogP contribution in [0.5, 0.6) is 0 Å². The number of carbonyl (C=O) groups is 1. The number of nitrogens with zero attached hydrogens (tertiary/aromatic N) is 2. The Labute approximate surface area is 201 Å². The van der Waals surface area contributed by atoms with Crippen molar-refractivity contribution in [2.75, 3.05) is 6.26 Å². The number of benzene rings is 3. The molecule has 0 aliphatic rings. The first kappa shape index (κ1) is 21.6. The molecule has 0 aliphatic heterocycles. The number of fused-ring (bicyclic) bond motifs is 3. The van der Waals surface area contributed by atoms with E-state index >= 15 is 0 Å². The second-order valence-corrected chi connectivity index (χ2v) is 9.80. The molecule has 0 saturated heterocycles. The molecule has 0 radical (unpaired) electrons. The van der Waals surface area contributed by atoms with Crippen molar-refractivity contribution in [3.8, 4) is 5.69 Å². The maximum atomic E-state index is 12.7. The molecule has 2 heterocycles. The molecule has 0 unspecified atom stereocenters. The predicted octanol–water partition coefficient (Wildman–Crippen LogP) is 6.00. The Morgan fingerprint density at radius 1 is 1.15 bits per heavy atom. The molecule has 164 valence electrons. The van der Waals surface area contributed by atoms with E-state index in [0.717, 1.165) is 26.2 Å². The van der Waals surface area contributed by atoms with Gasteiger partial charge in [-0.25, -0.2) is 14.3 Å². The first-order valence-corrected chi connectivity index (χ1v) is 12.3. The van der Waals surface area contributed by atoms with E-state index in [2.05, 4.69) is 5.10 Å². The lowest BCUT2D eigenvalue weighted by molar-refractivity contribution is 0.0474. The third kappa shape index (κ3) is 4.22. The van der Waals surface area contributed by atoms with E-state index in [1.54, 1.807) is 35.0 Å². The molecule has 6 nitrogen and oxygen atoms in total. The Hall–Kier alpha value is -3.27. The molecule has 0 amide bonds. The van der Waals surface area contributed by atoms with Gasteiger partial charge in [-0.05, 0) is 59.6 Å². The molecule has 5 aromatic rings. The molecule has 3 aromatic carbocycles. The van der Waals surface area contributed by atoms with E-state index in [4.69, 9.17) is 21.4 Å². The Kier molecular flexibility index (Phi) is 5.84. The minimum absolute atomic E-state index is 0.0507. The van der Waals surface area contributed by atoms with Crippen molar-refractivity contribution in [1.29, 1.82) is 0 Å². The summed E-state index contributed by atoms with van der Waals surface area (Å²) < 4.78 is 14.1. The van der Waals surface area contributed by atoms with Crippen LogP contribution < -0.4 is 5.63 Å². The third-order valence-corrected chi connectivity index (χ3v) is 7.33. The van der Waals surface area contributed by atoms with Gasteiger partial charge in [-0.1, -0.05) is 53.4 Å². The zero-order valence-electron chi connectivity index (χ0n) is 17.3. The van der Waals surface area contributed by atoms with E-state index in [-0.39, 0.29) is 6.61 Å². The molecule has 0 fully saturated rings. The van der Waals surface area contributed by atoms with E-state index in [1.165, 1.54) is 29.2 Å². The summed E-state index contributed by atoms with van der Waals surface area (Å²) in [6.07, 6.45) is 1.94. The van der Waals surface area contributed by atoms with Crippen LogP contribution in [0.15, 0.2) is 80.3 Å². The first-order valence-electron chi connectivity index (χ1n) is 9.90. The highest BCUT2D eigenvalue weighted by atomic mass is 32.2. The second-order valence-electron chi connectivity index (χ2n) is 7.12. The number of hydrogen-bond donors (Lipinski definition) is 0. The van der Waals surface area contributed by atoms with Crippen molar-refractivity contribution < 1.29 is 13.9 Å². The number of aromatic nitrogens is 2. The molecule has 0 N–H and O–H groups in total. The molecule has 0 atom stereocenters. The number of ether oxygens (including phenoxy) is 1. The summed E-state index contributed by atoms with van der Waals surface area (Å²) in [5.74, 6) is -0.491. The van der Waals surface area contributed by atoms with Crippen LogP contribution in [0.1, 0.15) is 15.9 Å². The fourth-order valence-electron chi connectivity index (χ4n) is 3.61. The maximum absolute atomic E-state index is 12.7. The molecule has 0 spiro atoms. The average Bonchev–Trinajstić information content (AvgIpc) is 3.22. The molecular formula is C24H16N2O4S3. The normalized spacial score (nSPS) is 11.2. The van der Waals surface area contributed by atoms with Gasteiger partial charge in [0.05, 0.1) is 11.3 Å². The van der Waals surface area contributed by atoms with Gasteiger partial charge < -0.3 is 9.15 Å². The highest BCUT2D eigenvalue weighted by molar-refractivity contribution is 8.00. The smallest absolute Gasteiger partial charge is 0.338 e. The largest absolute Gasteiger partial charge is 0.457 e. The molecule has 2 aromatic heterocycles. The van der Waals surface area contributed by atoms with Gasteiger partial charge in [0.25, 0.3) is 0 Å². The van der Waals surface area contributed by atoms with Crippen LogP contribution in [-0.2, 0) is 11.3 Å². The van der Waals surface area contributed by atoms with Gasteiger partial charge >= 0.3 is 11.6 Å². The standard InChI is InChI=1S/C24H16N2O4S3/c1-32-23-25-26(24(31)33-23)17-9-6-15(7-10-17)22(28)29-13-16-12-20(27)30-19-11-8-14-4-2-3-5-18(14)21(16)19/h2-12H,13H2,1H3. The molecule has 0 saturated carbocycles. The van der Waals surface area contributed by atoms with Crippen molar-refractivity contribution in [3.05, 3.63) is 92.2 Å². The summed E-state index contributed by atoms with van der Waals surface area (Å²) in [5.41, 5.74) is 1.73. The molecule has 0 aliphatic carbocycles. The van der Waals surface area contributed by atoms with Crippen LogP contribution in [0, 0.1) is 3.95 Å². The van der Waals surface area contributed by atoms with Crippen molar-refractivity contribution in [2.24, 2.45) is 0 Å². The van der Waals surface area contributed by atoms with Gasteiger partial charge in [0.2, 0.25) is 0 Å². The highest BCUT2D eigenvalue weighted by Crippen LogP contribution is 2.28. The Balaban J connectivity index is 1.41. The van der Waals surface area contributed by atoms with Crippen molar-refractivity contribution >= 4 is 63.0 Å². The SMILES string of the molecule is CSc1nn(-c2ccc(C(=O)OCc3cc(=O)oc4ccc5ccccc5c34)cc2)c(=S)s1. The molecule has 33 heavy (non-hydrogen) atoms.